The van der Waals surface area contributed by atoms with Crippen molar-refractivity contribution < 1.29 is 0 Å². The monoisotopic (exact) mass is 159 g/mol. The van der Waals surface area contributed by atoms with Crippen molar-refractivity contribution in [1.82, 2.24) is 15.3 Å². The van der Waals surface area contributed by atoms with E-state index >= 15 is 0 Å². The topological polar surface area (TPSA) is 18.5 Å². The Kier molecular flexibility index (Phi) is 6.51. The van der Waals surface area contributed by atoms with Gasteiger partial charge in [-0.25, -0.2) is 5.01 Å². The highest BCUT2D eigenvalue weighted by atomic mass is 15.5. The molecule has 3 nitrogen and oxygen atoms in total. The Morgan fingerprint density at radius 2 is 1.45 bits per heavy atom. The van der Waals surface area contributed by atoms with Gasteiger partial charge in [0.2, 0.25) is 0 Å². The summed E-state index contributed by atoms with van der Waals surface area (Å²) in [4.78, 5) is 2.34. The largest absolute Gasteiger partial charge is 0.304 e. The molecule has 0 aromatic heterocycles. The Morgan fingerprint density at radius 3 is 1.82 bits per heavy atom. The summed E-state index contributed by atoms with van der Waals surface area (Å²) in [5.41, 5.74) is 3.13. The first kappa shape index (κ1) is 10.9. The highest BCUT2D eigenvalue weighted by molar-refractivity contribution is 4.64. The lowest BCUT2D eigenvalue weighted by Gasteiger charge is -2.31. The molecular weight excluding hydrogens is 138 g/mol. The van der Waals surface area contributed by atoms with E-state index in [2.05, 4.69) is 22.4 Å². The van der Waals surface area contributed by atoms with Crippen LogP contribution < -0.4 is 5.43 Å². The fraction of sp³-hybridized carbons (Fsp3) is 1.00. The van der Waals surface area contributed by atoms with Gasteiger partial charge in [-0.2, -0.15) is 0 Å². The average Bonchev–Trinajstić information content (AvgIpc) is 2.10. The van der Waals surface area contributed by atoms with Gasteiger partial charge in [0, 0.05) is 26.2 Å². The summed E-state index contributed by atoms with van der Waals surface area (Å²) >= 11 is 0. The van der Waals surface area contributed by atoms with Crippen LogP contribution in [0.15, 0.2) is 0 Å². The molecule has 1 N–H and O–H groups in total. The molecule has 3 heteroatoms. The highest BCUT2D eigenvalue weighted by Crippen LogP contribution is 1.93. The molecule has 1 rings (SSSR count). The normalized spacial score (nSPS) is 20.7. The molecule has 1 heterocycles. The van der Waals surface area contributed by atoms with E-state index < -0.39 is 0 Å². The van der Waals surface area contributed by atoms with E-state index in [1.807, 2.05) is 20.9 Å². The fourth-order valence-corrected chi connectivity index (χ4v) is 1.03. The van der Waals surface area contributed by atoms with E-state index in [1.165, 1.54) is 13.1 Å². The van der Waals surface area contributed by atoms with Gasteiger partial charge >= 0.3 is 0 Å². The number of rotatable bonds is 1. The molecule has 0 spiro atoms. The van der Waals surface area contributed by atoms with Crippen LogP contribution in [-0.2, 0) is 0 Å². The van der Waals surface area contributed by atoms with Crippen molar-refractivity contribution in [2.75, 3.05) is 40.3 Å². The summed E-state index contributed by atoms with van der Waals surface area (Å²) in [6.45, 7) is 8.65. The number of nitrogens with one attached hydrogen (secondary N) is 1. The molecule has 1 aliphatic heterocycles. The molecule has 0 atom stereocenters. The highest BCUT2D eigenvalue weighted by Gasteiger charge is 2.10. The predicted molar refractivity (Wildman–Crippen MR) is 49.5 cm³/mol. The fourth-order valence-electron chi connectivity index (χ4n) is 1.03. The van der Waals surface area contributed by atoms with Crippen LogP contribution in [-0.4, -0.2) is 50.2 Å². The van der Waals surface area contributed by atoms with Crippen molar-refractivity contribution >= 4 is 0 Å². The molecule has 1 aliphatic rings. The summed E-state index contributed by atoms with van der Waals surface area (Å²) < 4.78 is 0. The van der Waals surface area contributed by atoms with E-state index in [9.17, 15) is 0 Å². The maximum atomic E-state index is 3.13. The quantitative estimate of drug-likeness (QED) is 0.597. The van der Waals surface area contributed by atoms with E-state index in [0.29, 0.717) is 0 Å². The maximum absolute atomic E-state index is 3.13. The minimum Gasteiger partial charge on any atom is -0.304 e. The van der Waals surface area contributed by atoms with Crippen molar-refractivity contribution in [2.24, 2.45) is 0 Å². The van der Waals surface area contributed by atoms with Crippen molar-refractivity contribution in [3.8, 4) is 0 Å². The summed E-state index contributed by atoms with van der Waals surface area (Å²) in [5.74, 6) is 0. The molecule has 68 valence electrons. The molecule has 0 bridgehead atoms. The Balaban J connectivity index is 0.000000461. The lowest BCUT2D eigenvalue weighted by molar-refractivity contribution is 0.115. The third kappa shape index (κ3) is 4.35. The molecule has 1 fully saturated rings. The summed E-state index contributed by atoms with van der Waals surface area (Å²) in [5, 5.41) is 2.24. The van der Waals surface area contributed by atoms with Crippen LogP contribution in [0.1, 0.15) is 13.8 Å². The van der Waals surface area contributed by atoms with Gasteiger partial charge in [-0.05, 0) is 14.1 Å². The molecule has 0 aliphatic carbocycles. The molecule has 0 radical (unpaired) electrons. The third-order valence-electron chi connectivity index (χ3n) is 1.82. The van der Waals surface area contributed by atoms with Crippen LogP contribution >= 0.6 is 0 Å². The Bertz CT molecular complexity index is 77.4. The minimum absolute atomic E-state index is 1.15. The Labute approximate surface area is 70.3 Å². The minimum atomic E-state index is 1.15. The second kappa shape index (κ2) is 6.58. The second-order valence-electron chi connectivity index (χ2n) is 2.51. The number of hydrogen-bond acceptors (Lipinski definition) is 3. The summed E-state index contributed by atoms with van der Waals surface area (Å²) in [6.07, 6.45) is 0. The van der Waals surface area contributed by atoms with Gasteiger partial charge < -0.3 is 4.90 Å². The molecule has 11 heavy (non-hydrogen) atoms. The maximum Gasteiger partial charge on any atom is 0.0259 e. The standard InChI is InChI=1S/C6H15N3.C2H6/c1-7-9-5-3-8(2)4-6-9;1-2/h7H,3-6H2,1-2H3;1-2H3. The third-order valence-corrected chi connectivity index (χ3v) is 1.82. The van der Waals surface area contributed by atoms with Gasteiger partial charge in [0.25, 0.3) is 0 Å². The SMILES string of the molecule is CC.CNN1CCN(C)CC1. The van der Waals surface area contributed by atoms with Crippen LogP contribution in [0, 0.1) is 0 Å². The van der Waals surface area contributed by atoms with E-state index in [1.54, 1.807) is 0 Å². The lowest BCUT2D eigenvalue weighted by atomic mass is 10.4. The smallest absolute Gasteiger partial charge is 0.0259 e. The molecule has 1 saturated heterocycles. The molecule has 0 unspecified atom stereocenters. The lowest BCUT2D eigenvalue weighted by Crippen LogP contribution is -2.49. The van der Waals surface area contributed by atoms with E-state index in [0.717, 1.165) is 13.1 Å². The molecule has 0 aromatic rings. The molecule has 0 saturated carbocycles. The van der Waals surface area contributed by atoms with Gasteiger partial charge in [0.1, 0.15) is 0 Å². The zero-order valence-electron chi connectivity index (χ0n) is 8.22. The van der Waals surface area contributed by atoms with Gasteiger partial charge in [-0.1, -0.05) is 13.8 Å². The number of hydrogen-bond donors (Lipinski definition) is 1. The predicted octanol–water partition coefficient (Wildman–Crippen LogP) is 0.394. The van der Waals surface area contributed by atoms with Crippen molar-refractivity contribution in [3.63, 3.8) is 0 Å². The number of piperazine rings is 1. The van der Waals surface area contributed by atoms with Crippen molar-refractivity contribution in [1.29, 1.82) is 0 Å². The van der Waals surface area contributed by atoms with Gasteiger partial charge in [0.05, 0.1) is 0 Å². The van der Waals surface area contributed by atoms with Crippen molar-refractivity contribution in [2.45, 2.75) is 13.8 Å². The molecular formula is C8H21N3. The average molecular weight is 159 g/mol. The number of nitrogens with zero attached hydrogens (tertiary/aromatic N) is 2. The first-order chi connectivity index (χ1) is 5.33. The van der Waals surface area contributed by atoms with Gasteiger partial charge in [0.15, 0.2) is 0 Å². The first-order valence-corrected chi connectivity index (χ1v) is 4.44. The number of likely N-dealkylation sites (N-methyl/N-ethyl adjacent to an activating group) is 1. The first-order valence-electron chi connectivity index (χ1n) is 4.44. The molecule has 0 amide bonds. The van der Waals surface area contributed by atoms with Crippen LogP contribution in [0.3, 0.4) is 0 Å². The van der Waals surface area contributed by atoms with Crippen molar-refractivity contribution in [3.05, 3.63) is 0 Å². The zero-order valence-corrected chi connectivity index (χ0v) is 8.22. The van der Waals surface area contributed by atoms with Crippen LogP contribution in [0.2, 0.25) is 0 Å². The van der Waals surface area contributed by atoms with Crippen LogP contribution in [0.5, 0.6) is 0 Å². The second-order valence-corrected chi connectivity index (χ2v) is 2.51. The Hall–Kier alpha value is -0.120. The van der Waals surface area contributed by atoms with Gasteiger partial charge in [-0.3, -0.25) is 5.43 Å². The zero-order chi connectivity index (χ0) is 8.69. The van der Waals surface area contributed by atoms with Crippen LogP contribution in [0.4, 0.5) is 0 Å². The van der Waals surface area contributed by atoms with Gasteiger partial charge in [-0.15, -0.1) is 0 Å². The van der Waals surface area contributed by atoms with Crippen LogP contribution in [0.25, 0.3) is 0 Å². The summed E-state index contributed by atoms with van der Waals surface area (Å²) in [6, 6.07) is 0. The Morgan fingerprint density at radius 1 is 1.00 bits per heavy atom. The van der Waals surface area contributed by atoms with E-state index in [4.69, 9.17) is 0 Å². The molecule has 0 aromatic carbocycles. The number of hydrazine groups is 1. The summed E-state index contributed by atoms with van der Waals surface area (Å²) in [7, 11) is 4.14. The van der Waals surface area contributed by atoms with E-state index in [-0.39, 0.29) is 0 Å².